The van der Waals surface area contributed by atoms with Crippen LogP contribution in [0.5, 0.6) is 0 Å². The fraction of sp³-hybridized carbons (Fsp3) is 0.625. The number of sulfonamides is 1. The molecule has 2 aliphatic heterocycles. The van der Waals surface area contributed by atoms with Crippen LogP contribution in [0.25, 0.3) is 0 Å². The van der Waals surface area contributed by atoms with Gasteiger partial charge in [0.25, 0.3) is 0 Å². The molecule has 1 aromatic rings. The average molecular weight is 359 g/mol. The first kappa shape index (κ1) is 17.2. The Bertz CT molecular complexity index is 632. The molecule has 5 nitrogen and oxygen atoms in total. The quantitative estimate of drug-likeness (QED) is 0.896. The highest BCUT2D eigenvalue weighted by Gasteiger charge is 2.36. The van der Waals surface area contributed by atoms with Crippen LogP contribution in [0.15, 0.2) is 24.3 Å². The monoisotopic (exact) mass is 358 g/mol. The summed E-state index contributed by atoms with van der Waals surface area (Å²) < 4.78 is 33.1. The molecule has 0 amide bonds. The minimum atomic E-state index is -3.39. The normalized spacial score (nSPS) is 27.0. The largest absolute Gasteiger partial charge is 0.377 e. The molecule has 3 rings (SSSR count). The molecular formula is C16H23ClN2O3S. The van der Waals surface area contributed by atoms with Crippen molar-refractivity contribution in [3.05, 3.63) is 34.9 Å². The smallest absolute Gasteiger partial charge is 0.217 e. The first-order valence-electron chi connectivity index (χ1n) is 8.14. The van der Waals surface area contributed by atoms with Gasteiger partial charge in [-0.25, -0.2) is 8.42 Å². The van der Waals surface area contributed by atoms with E-state index in [0.717, 1.165) is 24.8 Å². The predicted octanol–water partition coefficient (Wildman–Crippen LogP) is 2.19. The Morgan fingerprint density at radius 3 is 2.87 bits per heavy atom. The van der Waals surface area contributed by atoms with E-state index in [4.69, 9.17) is 16.3 Å². The molecule has 0 saturated carbocycles. The first-order chi connectivity index (χ1) is 11.1. The standard InChI is InChI=1S/C16H23ClN2O3S/c17-15-7-2-1-6-14(15)16-11-18-8-9-19(16)23(20,21)12-13-5-3-4-10-22-13/h1-2,6-7,13,16,18H,3-5,8-12H2. The van der Waals surface area contributed by atoms with Gasteiger partial charge in [-0.15, -0.1) is 0 Å². The van der Waals surface area contributed by atoms with Crippen LogP contribution in [0.1, 0.15) is 30.9 Å². The molecule has 0 bridgehead atoms. The van der Waals surface area contributed by atoms with Gasteiger partial charge >= 0.3 is 0 Å². The van der Waals surface area contributed by atoms with Crippen LogP contribution in [0.4, 0.5) is 0 Å². The molecule has 2 heterocycles. The van der Waals surface area contributed by atoms with Crippen molar-refractivity contribution in [2.75, 3.05) is 32.0 Å². The molecule has 7 heteroatoms. The fourth-order valence-electron chi connectivity index (χ4n) is 3.30. The third-order valence-electron chi connectivity index (χ3n) is 4.49. The number of rotatable bonds is 4. The van der Waals surface area contributed by atoms with Crippen molar-refractivity contribution >= 4 is 21.6 Å². The molecule has 1 aromatic carbocycles. The number of halogens is 1. The van der Waals surface area contributed by atoms with Crippen LogP contribution in [0, 0.1) is 0 Å². The summed E-state index contributed by atoms with van der Waals surface area (Å²) in [5.74, 6) is 0.0634. The average Bonchev–Trinajstić information content (AvgIpc) is 2.56. The van der Waals surface area contributed by atoms with Gasteiger partial charge in [0.2, 0.25) is 10.0 Å². The van der Waals surface area contributed by atoms with Gasteiger partial charge in [-0.1, -0.05) is 29.8 Å². The molecule has 1 N–H and O–H groups in total. The molecule has 2 atom stereocenters. The van der Waals surface area contributed by atoms with Crippen molar-refractivity contribution in [2.45, 2.75) is 31.4 Å². The Kier molecular flexibility index (Phi) is 5.59. The molecular weight excluding hydrogens is 336 g/mol. The van der Waals surface area contributed by atoms with Crippen LogP contribution in [-0.2, 0) is 14.8 Å². The molecule has 23 heavy (non-hydrogen) atoms. The van der Waals surface area contributed by atoms with E-state index in [9.17, 15) is 8.42 Å². The van der Waals surface area contributed by atoms with Crippen LogP contribution < -0.4 is 5.32 Å². The van der Waals surface area contributed by atoms with E-state index in [1.807, 2.05) is 18.2 Å². The minimum absolute atomic E-state index is 0.0634. The minimum Gasteiger partial charge on any atom is -0.377 e. The molecule has 2 unspecified atom stereocenters. The van der Waals surface area contributed by atoms with E-state index in [2.05, 4.69) is 5.32 Å². The van der Waals surface area contributed by atoms with E-state index in [1.165, 1.54) is 0 Å². The second kappa shape index (κ2) is 7.49. The van der Waals surface area contributed by atoms with Crippen molar-refractivity contribution in [1.29, 1.82) is 0 Å². The topological polar surface area (TPSA) is 58.6 Å². The second-order valence-electron chi connectivity index (χ2n) is 6.12. The number of nitrogens with one attached hydrogen (secondary N) is 1. The number of hydrogen-bond acceptors (Lipinski definition) is 4. The number of benzene rings is 1. The summed E-state index contributed by atoms with van der Waals surface area (Å²) in [6, 6.07) is 7.20. The van der Waals surface area contributed by atoms with Gasteiger partial charge in [-0.2, -0.15) is 4.31 Å². The van der Waals surface area contributed by atoms with Crippen LogP contribution in [-0.4, -0.2) is 50.8 Å². The van der Waals surface area contributed by atoms with Gasteiger partial charge < -0.3 is 10.1 Å². The van der Waals surface area contributed by atoms with Crippen molar-refractivity contribution in [2.24, 2.45) is 0 Å². The van der Waals surface area contributed by atoms with Crippen molar-refractivity contribution in [3.63, 3.8) is 0 Å². The van der Waals surface area contributed by atoms with Gasteiger partial charge in [-0.3, -0.25) is 0 Å². The Hall–Kier alpha value is -0.660. The lowest BCUT2D eigenvalue weighted by molar-refractivity contribution is 0.0296. The van der Waals surface area contributed by atoms with Crippen LogP contribution in [0.3, 0.4) is 0 Å². The van der Waals surface area contributed by atoms with E-state index in [1.54, 1.807) is 10.4 Å². The lowest BCUT2D eigenvalue weighted by Crippen LogP contribution is -2.50. The summed E-state index contributed by atoms with van der Waals surface area (Å²) in [5, 5.41) is 3.88. The van der Waals surface area contributed by atoms with E-state index in [-0.39, 0.29) is 17.9 Å². The molecule has 0 aromatic heterocycles. The van der Waals surface area contributed by atoms with Crippen LogP contribution >= 0.6 is 11.6 Å². The van der Waals surface area contributed by atoms with Crippen LogP contribution in [0.2, 0.25) is 5.02 Å². The predicted molar refractivity (Wildman–Crippen MR) is 91.1 cm³/mol. The lowest BCUT2D eigenvalue weighted by atomic mass is 10.1. The molecule has 128 valence electrons. The van der Waals surface area contributed by atoms with E-state index in [0.29, 0.717) is 31.3 Å². The fourth-order valence-corrected chi connectivity index (χ4v) is 5.43. The van der Waals surface area contributed by atoms with Gasteiger partial charge in [0, 0.05) is 31.3 Å². The maximum absolute atomic E-state index is 12.9. The summed E-state index contributed by atoms with van der Waals surface area (Å²) in [6.45, 7) is 2.36. The molecule has 0 aliphatic carbocycles. The maximum Gasteiger partial charge on any atom is 0.217 e. The van der Waals surface area contributed by atoms with E-state index >= 15 is 0 Å². The van der Waals surface area contributed by atoms with E-state index < -0.39 is 10.0 Å². The molecule has 0 radical (unpaired) electrons. The SMILES string of the molecule is O=S(=O)(CC1CCCCO1)N1CCNCC1c1ccccc1Cl. The zero-order valence-corrected chi connectivity index (χ0v) is 14.7. The highest BCUT2D eigenvalue weighted by molar-refractivity contribution is 7.89. The van der Waals surface area contributed by atoms with Crippen molar-refractivity contribution in [1.82, 2.24) is 9.62 Å². The first-order valence-corrected chi connectivity index (χ1v) is 10.1. The highest BCUT2D eigenvalue weighted by atomic mass is 35.5. The third kappa shape index (κ3) is 4.06. The Labute approximate surface area is 143 Å². The highest BCUT2D eigenvalue weighted by Crippen LogP contribution is 2.31. The summed E-state index contributed by atoms with van der Waals surface area (Å²) in [7, 11) is -3.39. The summed E-state index contributed by atoms with van der Waals surface area (Å²) in [4.78, 5) is 0. The van der Waals surface area contributed by atoms with Gasteiger partial charge in [0.05, 0.1) is 17.9 Å². The van der Waals surface area contributed by atoms with Gasteiger partial charge in [0.1, 0.15) is 0 Å². The van der Waals surface area contributed by atoms with Crippen molar-refractivity contribution < 1.29 is 13.2 Å². The zero-order chi connectivity index (χ0) is 16.3. The number of nitrogens with zero attached hydrogens (tertiary/aromatic N) is 1. The van der Waals surface area contributed by atoms with Gasteiger partial charge in [0.15, 0.2) is 0 Å². The maximum atomic E-state index is 12.9. The van der Waals surface area contributed by atoms with Gasteiger partial charge in [-0.05, 0) is 30.9 Å². The third-order valence-corrected chi connectivity index (χ3v) is 6.78. The van der Waals surface area contributed by atoms with Crippen molar-refractivity contribution in [3.8, 4) is 0 Å². The number of hydrogen-bond donors (Lipinski definition) is 1. The summed E-state index contributed by atoms with van der Waals surface area (Å²) in [6.07, 6.45) is 2.69. The molecule has 2 fully saturated rings. The summed E-state index contributed by atoms with van der Waals surface area (Å²) in [5.41, 5.74) is 0.856. The second-order valence-corrected chi connectivity index (χ2v) is 8.49. The number of ether oxygens (including phenoxy) is 1. The zero-order valence-electron chi connectivity index (χ0n) is 13.1. The summed E-state index contributed by atoms with van der Waals surface area (Å²) >= 11 is 6.29. The molecule has 2 saturated heterocycles. The number of piperazine rings is 1. The Morgan fingerprint density at radius 1 is 1.30 bits per heavy atom. The molecule has 2 aliphatic rings. The lowest BCUT2D eigenvalue weighted by Gasteiger charge is -2.37. The Morgan fingerprint density at radius 2 is 2.13 bits per heavy atom. The Balaban J connectivity index is 1.81. The molecule has 0 spiro atoms.